The van der Waals surface area contributed by atoms with Gasteiger partial charge in [0.1, 0.15) is 0 Å². The van der Waals surface area contributed by atoms with E-state index in [1.54, 1.807) is 0 Å². The van der Waals surface area contributed by atoms with E-state index in [0.29, 0.717) is 5.41 Å². The molecule has 0 saturated heterocycles. The zero-order chi connectivity index (χ0) is 12.8. The standard InChI is InChI=1S/C15H22BrN/c1-10-8-12-13(9-11(10)15(4,5)16)17-7-6-14(12,2)3/h8-9,17H,6-7H2,1-5H3. The van der Waals surface area contributed by atoms with Crippen LogP contribution >= 0.6 is 15.9 Å². The molecule has 0 fully saturated rings. The Kier molecular flexibility index (Phi) is 3.05. The fraction of sp³-hybridized carbons (Fsp3) is 0.600. The number of rotatable bonds is 1. The topological polar surface area (TPSA) is 12.0 Å². The smallest absolute Gasteiger partial charge is 0.0453 e. The molecule has 0 aromatic heterocycles. The molecule has 94 valence electrons. The van der Waals surface area contributed by atoms with E-state index in [1.807, 2.05) is 0 Å². The summed E-state index contributed by atoms with van der Waals surface area (Å²) in [5.41, 5.74) is 5.82. The number of anilines is 1. The Hall–Kier alpha value is -0.500. The van der Waals surface area contributed by atoms with Crippen molar-refractivity contribution < 1.29 is 0 Å². The van der Waals surface area contributed by atoms with Crippen molar-refractivity contribution in [2.45, 2.75) is 50.8 Å². The molecule has 1 aliphatic rings. The molecule has 2 rings (SSSR count). The average molecular weight is 296 g/mol. The van der Waals surface area contributed by atoms with Crippen LogP contribution in [-0.2, 0) is 9.74 Å². The Bertz CT molecular complexity index is 441. The van der Waals surface area contributed by atoms with Crippen molar-refractivity contribution in [1.29, 1.82) is 0 Å². The van der Waals surface area contributed by atoms with Gasteiger partial charge in [-0.3, -0.25) is 0 Å². The van der Waals surface area contributed by atoms with Gasteiger partial charge in [0.25, 0.3) is 0 Å². The highest BCUT2D eigenvalue weighted by Crippen LogP contribution is 2.41. The van der Waals surface area contributed by atoms with E-state index in [9.17, 15) is 0 Å². The third-order valence-corrected chi connectivity index (χ3v) is 4.23. The summed E-state index contributed by atoms with van der Waals surface area (Å²) in [6, 6.07) is 4.68. The van der Waals surface area contributed by atoms with Crippen LogP contribution in [-0.4, -0.2) is 6.54 Å². The van der Waals surface area contributed by atoms with Crippen LogP contribution in [0.15, 0.2) is 12.1 Å². The Morgan fingerprint density at radius 3 is 2.53 bits per heavy atom. The summed E-state index contributed by atoms with van der Waals surface area (Å²) in [7, 11) is 0. The lowest BCUT2D eigenvalue weighted by atomic mass is 9.76. The number of alkyl halides is 1. The normalized spacial score (nSPS) is 18.5. The molecular formula is C15H22BrN. The quantitative estimate of drug-likeness (QED) is 0.739. The highest BCUT2D eigenvalue weighted by molar-refractivity contribution is 9.09. The first-order chi connectivity index (χ1) is 7.72. The van der Waals surface area contributed by atoms with Crippen molar-refractivity contribution in [3.63, 3.8) is 0 Å². The van der Waals surface area contributed by atoms with Crippen LogP contribution in [0.2, 0.25) is 0 Å². The number of nitrogens with one attached hydrogen (secondary N) is 1. The lowest BCUT2D eigenvalue weighted by Crippen LogP contribution is -2.29. The van der Waals surface area contributed by atoms with E-state index >= 15 is 0 Å². The summed E-state index contributed by atoms with van der Waals surface area (Å²) in [5.74, 6) is 0. The van der Waals surface area contributed by atoms with Crippen LogP contribution in [0.1, 0.15) is 50.8 Å². The van der Waals surface area contributed by atoms with E-state index in [-0.39, 0.29) is 4.32 Å². The van der Waals surface area contributed by atoms with E-state index in [1.165, 1.54) is 28.8 Å². The van der Waals surface area contributed by atoms with Crippen LogP contribution in [0.25, 0.3) is 0 Å². The van der Waals surface area contributed by atoms with Crippen LogP contribution in [0, 0.1) is 6.92 Å². The van der Waals surface area contributed by atoms with Crippen molar-refractivity contribution in [3.05, 3.63) is 28.8 Å². The molecule has 1 nitrogen and oxygen atoms in total. The molecule has 0 bridgehead atoms. The predicted molar refractivity (Wildman–Crippen MR) is 79.3 cm³/mol. The Morgan fingerprint density at radius 2 is 1.94 bits per heavy atom. The third-order valence-electron chi connectivity index (χ3n) is 3.80. The lowest BCUT2D eigenvalue weighted by molar-refractivity contribution is 0.481. The summed E-state index contributed by atoms with van der Waals surface area (Å²) in [4.78, 5) is 0. The van der Waals surface area contributed by atoms with Gasteiger partial charge in [-0.1, -0.05) is 35.8 Å². The maximum Gasteiger partial charge on any atom is 0.0453 e. The van der Waals surface area contributed by atoms with Crippen molar-refractivity contribution in [2.75, 3.05) is 11.9 Å². The minimum absolute atomic E-state index is 0.0371. The van der Waals surface area contributed by atoms with E-state index in [2.05, 4.69) is 68.0 Å². The minimum atomic E-state index is 0.0371. The molecule has 1 aliphatic heterocycles. The Balaban J connectivity index is 2.59. The molecule has 0 aliphatic carbocycles. The molecule has 2 heteroatoms. The Morgan fingerprint density at radius 1 is 1.29 bits per heavy atom. The minimum Gasteiger partial charge on any atom is -0.385 e. The van der Waals surface area contributed by atoms with Gasteiger partial charge < -0.3 is 5.32 Å². The SMILES string of the molecule is Cc1cc2c(cc1C(C)(C)Br)NCCC2(C)C. The zero-order valence-corrected chi connectivity index (χ0v) is 13.0. The highest BCUT2D eigenvalue weighted by atomic mass is 79.9. The number of benzene rings is 1. The van der Waals surface area contributed by atoms with Crippen LogP contribution in [0.4, 0.5) is 5.69 Å². The second-order valence-electron chi connectivity index (χ2n) is 6.25. The maximum absolute atomic E-state index is 3.77. The van der Waals surface area contributed by atoms with E-state index in [0.717, 1.165) is 6.54 Å². The van der Waals surface area contributed by atoms with E-state index < -0.39 is 0 Å². The molecule has 0 spiro atoms. The van der Waals surface area contributed by atoms with Crippen LogP contribution < -0.4 is 5.32 Å². The predicted octanol–water partition coefficient (Wildman–Crippen LogP) is 4.72. The molecular weight excluding hydrogens is 274 g/mol. The average Bonchev–Trinajstić information content (AvgIpc) is 2.16. The molecule has 17 heavy (non-hydrogen) atoms. The Labute approximate surface area is 113 Å². The van der Waals surface area contributed by atoms with Crippen LogP contribution in [0.5, 0.6) is 0 Å². The van der Waals surface area contributed by atoms with Gasteiger partial charge in [-0.25, -0.2) is 0 Å². The molecule has 0 unspecified atom stereocenters. The fourth-order valence-corrected chi connectivity index (χ4v) is 3.13. The molecule has 0 atom stereocenters. The first-order valence-corrected chi connectivity index (χ1v) is 7.09. The zero-order valence-electron chi connectivity index (χ0n) is 11.4. The van der Waals surface area contributed by atoms with Crippen molar-refractivity contribution in [2.24, 2.45) is 0 Å². The second kappa shape index (κ2) is 4.01. The molecule has 1 N–H and O–H groups in total. The molecule has 0 saturated carbocycles. The van der Waals surface area contributed by atoms with Crippen molar-refractivity contribution >= 4 is 21.6 Å². The van der Waals surface area contributed by atoms with Gasteiger partial charge in [0, 0.05) is 16.6 Å². The number of hydrogen-bond acceptors (Lipinski definition) is 1. The summed E-state index contributed by atoms with van der Waals surface area (Å²) in [6.07, 6.45) is 1.20. The maximum atomic E-state index is 3.77. The van der Waals surface area contributed by atoms with Crippen molar-refractivity contribution in [3.8, 4) is 0 Å². The molecule has 1 aromatic rings. The molecule has 1 aromatic carbocycles. The molecule has 1 heterocycles. The van der Waals surface area contributed by atoms with Gasteiger partial charge in [-0.05, 0) is 55.4 Å². The first-order valence-electron chi connectivity index (χ1n) is 6.30. The highest BCUT2D eigenvalue weighted by Gasteiger charge is 2.29. The molecule has 0 radical (unpaired) electrons. The van der Waals surface area contributed by atoms with Crippen LogP contribution in [0.3, 0.4) is 0 Å². The number of fused-ring (bicyclic) bond motifs is 1. The third kappa shape index (κ3) is 2.37. The molecule has 0 amide bonds. The summed E-state index contributed by atoms with van der Waals surface area (Å²) < 4.78 is 0.0371. The number of hydrogen-bond donors (Lipinski definition) is 1. The van der Waals surface area contributed by atoms with Gasteiger partial charge in [-0.15, -0.1) is 0 Å². The summed E-state index contributed by atoms with van der Waals surface area (Å²) in [6.45, 7) is 12.4. The summed E-state index contributed by atoms with van der Waals surface area (Å²) in [5, 5.41) is 3.54. The lowest BCUT2D eigenvalue weighted by Gasteiger charge is -2.35. The number of aryl methyl sites for hydroxylation is 1. The van der Waals surface area contributed by atoms with Gasteiger partial charge in [-0.2, -0.15) is 0 Å². The van der Waals surface area contributed by atoms with Crippen molar-refractivity contribution in [1.82, 2.24) is 0 Å². The first kappa shape index (κ1) is 12.9. The van der Waals surface area contributed by atoms with E-state index in [4.69, 9.17) is 0 Å². The monoisotopic (exact) mass is 295 g/mol. The van der Waals surface area contributed by atoms with Gasteiger partial charge in [0.2, 0.25) is 0 Å². The van der Waals surface area contributed by atoms with Gasteiger partial charge in [0.15, 0.2) is 0 Å². The summed E-state index contributed by atoms with van der Waals surface area (Å²) >= 11 is 3.77. The number of halogens is 1. The van der Waals surface area contributed by atoms with Gasteiger partial charge in [0.05, 0.1) is 0 Å². The van der Waals surface area contributed by atoms with Gasteiger partial charge >= 0.3 is 0 Å². The second-order valence-corrected chi connectivity index (χ2v) is 8.23. The fourth-order valence-electron chi connectivity index (χ4n) is 2.70. The largest absolute Gasteiger partial charge is 0.385 e.